The Labute approximate surface area is 103 Å². The van der Waals surface area contributed by atoms with Gasteiger partial charge in [0.1, 0.15) is 6.61 Å². The van der Waals surface area contributed by atoms with Gasteiger partial charge in [-0.15, -0.1) is 0 Å². The van der Waals surface area contributed by atoms with Crippen molar-refractivity contribution >= 4 is 0 Å². The van der Waals surface area contributed by atoms with Crippen LogP contribution >= 0.6 is 0 Å². The Kier molecular flexibility index (Phi) is 3.84. The Balaban J connectivity index is 2.15. The number of benzene rings is 1. The van der Waals surface area contributed by atoms with Gasteiger partial charge in [0, 0.05) is 12.4 Å². The fraction of sp³-hybridized carbons (Fsp3) is 0.154. The van der Waals surface area contributed by atoms with Crippen molar-refractivity contribution in [1.82, 2.24) is 4.98 Å². The maximum Gasteiger partial charge on any atom is 0.191 e. The van der Waals surface area contributed by atoms with Crippen molar-refractivity contribution < 1.29 is 18.6 Å². The second-order valence-corrected chi connectivity index (χ2v) is 3.69. The van der Waals surface area contributed by atoms with Gasteiger partial charge in [-0.25, -0.2) is 8.78 Å². The number of nitrogens with zero attached hydrogens (tertiary/aromatic N) is 1. The molecular weight excluding hydrogens is 240 g/mol. The largest absolute Gasteiger partial charge is 0.483 e. The second-order valence-electron chi connectivity index (χ2n) is 3.69. The van der Waals surface area contributed by atoms with Crippen LogP contribution in [-0.4, -0.2) is 10.1 Å². The smallest absolute Gasteiger partial charge is 0.191 e. The van der Waals surface area contributed by atoms with Crippen LogP contribution in [-0.2, 0) is 13.2 Å². The molecule has 0 fully saturated rings. The van der Waals surface area contributed by atoms with Crippen molar-refractivity contribution in [2.45, 2.75) is 13.2 Å². The predicted molar refractivity (Wildman–Crippen MR) is 60.8 cm³/mol. The second kappa shape index (κ2) is 5.55. The van der Waals surface area contributed by atoms with E-state index in [1.54, 1.807) is 24.5 Å². The van der Waals surface area contributed by atoms with Gasteiger partial charge < -0.3 is 9.84 Å². The predicted octanol–water partition coefficient (Wildman–Crippen LogP) is 2.43. The SMILES string of the molecule is OCc1cc(F)c(OCc2ccncc2)c(F)c1. The molecule has 1 heterocycles. The van der Waals surface area contributed by atoms with Crippen molar-refractivity contribution in [1.29, 1.82) is 0 Å². The normalized spacial score (nSPS) is 10.4. The molecule has 2 aromatic rings. The van der Waals surface area contributed by atoms with E-state index in [0.29, 0.717) is 0 Å². The molecule has 2 rings (SSSR count). The number of aliphatic hydroxyl groups is 1. The fourth-order valence-electron chi connectivity index (χ4n) is 1.48. The van der Waals surface area contributed by atoms with E-state index in [1.165, 1.54) is 0 Å². The van der Waals surface area contributed by atoms with Gasteiger partial charge in [-0.05, 0) is 35.4 Å². The molecule has 0 saturated heterocycles. The van der Waals surface area contributed by atoms with E-state index in [0.717, 1.165) is 17.7 Å². The molecule has 0 aliphatic heterocycles. The Morgan fingerprint density at radius 2 is 1.67 bits per heavy atom. The molecule has 0 spiro atoms. The average molecular weight is 251 g/mol. The van der Waals surface area contributed by atoms with Crippen LogP contribution in [0.4, 0.5) is 8.78 Å². The molecule has 94 valence electrons. The van der Waals surface area contributed by atoms with E-state index in [2.05, 4.69) is 4.98 Å². The highest BCUT2D eigenvalue weighted by molar-refractivity contribution is 5.31. The van der Waals surface area contributed by atoms with Gasteiger partial charge in [-0.3, -0.25) is 4.98 Å². The molecule has 3 nitrogen and oxygen atoms in total. The third-order valence-corrected chi connectivity index (χ3v) is 2.37. The monoisotopic (exact) mass is 251 g/mol. The Bertz CT molecular complexity index is 509. The summed E-state index contributed by atoms with van der Waals surface area (Å²) in [5.41, 5.74) is 0.927. The summed E-state index contributed by atoms with van der Waals surface area (Å²) < 4.78 is 32.1. The number of aliphatic hydroxyl groups excluding tert-OH is 1. The zero-order valence-electron chi connectivity index (χ0n) is 9.44. The highest BCUT2D eigenvalue weighted by Gasteiger charge is 2.12. The maximum atomic E-state index is 13.5. The quantitative estimate of drug-likeness (QED) is 0.907. The molecule has 5 heteroatoms. The number of rotatable bonds is 4. The summed E-state index contributed by atoms with van der Waals surface area (Å²) in [5, 5.41) is 8.80. The number of hydrogen-bond donors (Lipinski definition) is 1. The summed E-state index contributed by atoms with van der Waals surface area (Å²) in [6, 6.07) is 5.48. The van der Waals surface area contributed by atoms with Gasteiger partial charge in [0.2, 0.25) is 0 Å². The molecule has 0 bridgehead atoms. The van der Waals surface area contributed by atoms with Crippen LogP contribution in [0, 0.1) is 11.6 Å². The van der Waals surface area contributed by atoms with Crippen LogP contribution in [0.2, 0.25) is 0 Å². The van der Waals surface area contributed by atoms with Crippen molar-refractivity contribution in [3.05, 3.63) is 59.4 Å². The number of pyridine rings is 1. The van der Waals surface area contributed by atoms with Crippen molar-refractivity contribution in [2.24, 2.45) is 0 Å². The first-order chi connectivity index (χ1) is 8.70. The van der Waals surface area contributed by atoms with E-state index in [1.807, 2.05) is 0 Å². The van der Waals surface area contributed by atoms with Crippen molar-refractivity contribution in [3.8, 4) is 5.75 Å². The van der Waals surface area contributed by atoms with Gasteiger partial charge in [-0.2, -0.15) is 0 Å². The van der Waals surface area contributed by atoms with Crippen LogP contribution in [0.25, 0.3) is 0 Å². The number of hydrogen-bond acceptors (Lipinski definition) is 3. The molecule has 0 unspecified atom stereocenters. The third-order valence-electron chi connectivity index (χ3n) is 2.37. The third kappa shape index (κ3) is 2.81. The molecule has 0 atom stereocenters. The summed E-state index contributed by atoms with van der Waals surface area (Å²) in [6.07, 6.45) is 3.14. The van der Waals surface area contributed by atoms with Gasteiger partial charge in [0.05, 0.1) is 6.61 Å². The summed E-state index contributed by atoms with van der Waals surface area (Å²) >= 11 is 0. The molecule has 18 heavy (non-hydrogen) atoms. The van der Waals surface area contributed by atoms with E-state index < -0.39 is 24.0 Å². The van der Waals surface area contributed by atoms with E-state index in [4.69, 9.17) is 9.84 Å². The zero-order chi connectivity index (χ0) is 13.0. The standard InChI is InChI=1S/C13H11F2NO2/c14-11-5-10(7-17)6-12(15)13(11)18-8-9-1-3-16-4-2-9/h1-6,17H,7-8H2. The van der Waals surface area contributed by atoms with Gasteiger partial charge in [0.25, 0.3) is 0 Å². The molecule has 0 aliphatic rings. The zero-order valence-corrected chi connectivity index (χ0v) is 9.44. The summed E-state index contributed by atoms with van der Waals surface area (Å²) in [5.74, 6) is -2.09. The minimum Gasteiger partial charge on any atom is -0.483 e. The molecule has 0 radical (unpaired) electrons. The van der Waals surface area contributed by atoms with E-state index in [-0.39, 0.29) is 12.2 Å². The van der Waals surface area contributed by atoms with Gasteiger partial charge in [0.15, 0.2) is 17.4 Å². The first kappa shape index (κ1) is 12.4. The lowest BCUT2D eigenvalue weighted by Crippen LogP contribution is -2.01. The number of aromatic nitrogens is 1. The fourth-order valence-corrected chi connectivity index (χ4v) is 1.48. The van der Waals surface area contributed by atoms with Crippen LogP contribution in [0.5, 0.6) is 5.75 Å². The molecule has 1 aromatic heterocycles. The lowest BCUT2D eigenvalue weighted by Gasteiger charge is -2.09. The Morgan fingerprint density at radius 1 is 1.06 bits per heavy atom. The topological polar surface area (TPSA) is 42.4 Å². The maximum absolute atomic E-state index is 13.5. The van der Waals surface area contributed by atoms with Crippen LogP contribution in [0.15, 0.2) is 36.7 Å². The summed E-state index contributed by atoms with van der Waals surface area (Å²) in [4.78, 5) is 3.83. The van der Waals surface area contributed by atoms with Crippen LogP contribution in [0.3, 0.4) is 0 Å². The average Bonchev–Trinajstić information content (AvgIpc) is 2.38. The van der Waals surface area contributed by atoms with Crippen LogP contribution < -0.4 is 4.74 Å². The van der Waals surface area contributed by atoms with Gasteiger partial charge in [-0.1, -0.05) is 0 Å². The molecular formula is C13H11F2NO2. The highest BCUT2D eigenvalue weighted by Crippen LogP contribution is 2.24. The van der Waals surface area contributed by atoms with Crippen LogP contribution in [0.1, 0.15) is 11.1 Å². The first-order valence-electron chi connectivity index (χ1n) is 5.31. The minimum atomic E-state index is -0.826. The van der Waals surface area contributed by atoms with Crippen molar-refractivity contribution in [3.63, 3.8) is 0 Å². The molecule has 0 amide bonds. The lowest BCUT2D eigenvalue weighted by atomic mass is 10.2. The van der Waals surface area contributed by atoms with Gasteiger partial charge >= 0.3 is 0 Å². The molecule has 1 N–H and O–H groups in total. The number of ether oxygens (including phenoxy) is 1. The highest BCUT2D eigenvalue weighted by atomic mass is 19.1. The summed E-state index contributed by atoms with van der Waals surface area (Å²) in [7, 11) is 0. The van der Waals surface area contributed by atoms with Crippen molar-refractivity contribution in [2.75, 3.05) is 0 Å². The minimum absolute atomic E-state index is 0.0504. The molecule has 1 aromatic carbocycles. The Hall–Kier alpha value is -2.01. The number of halogens is 2. The molecule has 0 aliphatic carbocycles. The van der Waals surface area contributed by atoms with E-state index >= 15 is 0 Å². The Morgan fingerprint density at radius 3 is 2.22 bits per heavy atom. The lowest BCUT2D eigenvalue weighted by molar-refractivity contribution is 0.266. The summed E-state index contributed by atoms with van der Waals surface area (Å²) in [6.45, 7) is -0.368. The molecule has 0 saturated carbocycles. The first-order valence-corrected chi connectivity index (χ1v) is 5.31. The van der Waals surface area contributed by atoms with E-state index in [9.17, 15) is 8.78 Å².